The SMILES string of the molecule is CCN(Cc1ccccc1)C(=O)c1ccc(Oc2nccs2)cc1. The molecule has 3 rings (SSSR count). The van der Waals surface area contributed by atoms with Crippen LogP contribution in [0.2, 0.25) is 0 Å². The number of amides is 1. The van der Waals surface area contributed by atoms with Crippen LogP contribution in [0.3, 0.4) is 0 Å². The van der Waals surface area contributed by atoms with Crippen molar-refractivity contribution in [2.45, 2.75) is 13.5 Å². The molecule has 0 radical (unpaired) electrons. The van der Waals surface area contributed by atoms with Gasteiger partial charge in [0.15, 0.2) is 0 Å². The molecule has 0 bridgehead atoms. The fourth-order valence-corrected chi connectivity index (χ4v) is 2.84. The number of rotatable bonds is 6. The van der Waals surface area contributed by atoms with Crippen molar-refractivity contribution >= 4 is 17.2 Å². The molecule has 0 saturated heterocycles. The summed E-state index contributed by atoms with van der Waals surface area (Å²) in [7, 11) is 0. The normalized spacial score (nSPS) is 10.4. The van der Waals surface area contributed by atoms with Gasteiger partial charge in [-0.2, -0.15) is 0 Å². The molecule has 1 amide bonds. The Morgan fingerprint density at radius 1 is 1.12 bits per heavy atom. The number of hydrogen-bond donors (Lipinski definition) is 0. The highest BCUT2D eigenvalue weighted by Crippen LogP contribution is 2.23. The first-order chi connectivity index (χ1) is 11.8. The van der Waals surface area contributed by atoms with Crippen molar-refractivity contribution in [1.29, 1.82) is 0 Å². The van der Waals surface area contributed by atoms with Crippen molar-refractivity contribution in [3.05, 3.63) is 77.3 Å². The van der Waals surface area contributed by atoms with Crippen LogP contribution in [-0.4, -0.2) is 22.3 Å². The molecule has 0 spiro atoms. The lowest BCUT2D eigenvalue weighted by Crippen LogP contribution is -2.30. The molecule has 3 aromatic rings. The van der Waals surface area contributed by atoms with Crippen molar-refractivity contribution in [3.8, 4) is 10.9 Å². The van der Waals surface area contributed by atoms with E-state index in [1.165, 1.54) is 11.3 Å². The summed E-state index contributed by atoms with van der Waals surface area (Å²) in [5, 5.41) is 2.45. The minimum absolute atomic E-state index is 0.0159. The van der Waals surface area contributed by atoms with E-state index in [1.54, 1.807) is 30.5 Å². The highest BCUT2D eigenvalue weighted by molar-refractivity contribution is 7.11. The third kappa shape index (κ3) is 4.00. The molecular formula is C19H18N2O2S. The maximum atomic E-state index is 12.7. The molecule has 0 aliphatic heterocycles. The molecule has 0 N–H and O–H groups in total. The van der Waals surface area contributed by atoms with E-state index < -0.39 is 0 Å². The van der Waals surface area contributed by atoms with Crippen LogP contribution in [0, 0.1) is 0 Å². The van der Waals surface area contributed by atoms with Crippen LogP contribution >= 0.6 is 11.3 Å². The number of carbonyl (C=O) groups excluding carboxylic acids is 1. The summed E-state index contributed by atoms with van der Waals surface area (Å²) in [6.45, 7) is 3.25. The molecule has 2 aromatic carbocycles. The van der Waals surface area contributed by atoms with Gasteiger partial charge in [0.2, 0.25) is 0 Å². The standard InChI is InChI=1S/C19H18N2O2S/c1-2-21(14-15-6-4-3-5-7-15)18(22)16-8-10-17(11-9-16)23-19-20-12-13-24-19/h3-13H,2,14H2,1H3. The number of aromatic nitrogens is 1. The van der Waals surface area contributed by atoms with Crippen LogP contribution in [-0.2, 0) is 6.54 Å². The molecule has 122 valence electrons. The van der Waals surface area contributed by atoms with Crippen LogP contribution in [0.4, 0.5) is 0 Å². The molecule has 1 heterocycles. The van der Waals surface area contributed by atoms with Crippen molar-refractivity contribution in [2.75, 3.05) is 6.54 Å². The Labute approximate surface area is 145 Å². The smallest absolute Gasteiger partial charge is 0.278 e. The number of nitrogens with zero attached hydrogens (tertiary/aromatic N) is 2. The predicted molar refractivity (Wildman–Crippen MR) is 95.5 cm³/mol. The highest BCUT2D eigenvalue weighted by Gasteiger charge is 2.14. The summed E-state index contributed by atoms with van der Waals surface area (Å²) >= 11 is 1.43. The Balaban J connectivity index is 1.69. The first-order valence-corrected chi connectivity index (χ1v) is 8.65. The summed E-state index contributed by atoms with van der Waals surface area (Å²) < 4.78 is 5.62. The third-order valence-electron chi connectivity index (χ3n) is 3.60. The minimum Gasteiger partial charge on any atom is -0.431 e. The molecule has 0 unspecified atom stereocenters. The minimum atomic E-state index is 0.0159. The van der Waals surface area contributed by atoms with Crippen LogP contribution < -0.4 is 4.74 Å². The van der Waals surface area contributed by atoms with E-state index in [9.17, 15) is 4.79 Å². The second kappa shape index (κ2) is 7.75. The molecule has 1 aromatic heterocycles. The van der Waals surface area contributed by atoms with Gasteiger partial charge in [-0.05, 0) is 36.8 Å². The van der Waals surface area contributed by atoms with Crippen LogP contribution in [0.1, 0.15) is 22.8 Å². The van der Waals surface area contributed by atoms with E-state index in [2.05, 4.69) is 4.98 Å². The number of thiazole rings is 1. The fourth-order valence-electron chi connectivity index (χ4n) is 2.34. The number of hydrogen-bond acceptors (Lipinski definition) is 4. The van der Waals surface area contributed by atoms with Gasteiger partial charge in [0.05, 0.1) is 0 Å². The predicted octanol–water partition coefficient (Wildman–Crippen LogP) is 4.60. The van der Waals surface area contributed by atoms with Gasteiger partial charge in [0.25, 0.3) is 11.1 Å². The van der Waals surface area contributed by atoms with Crippen molar-refractivity contribution in [1.82, 2.24) is 9.88 Å². The zero-order valence-electron chi connectivity index (χ0n) is 13.4. The molecule has 0 atom stereocenters. The monoisotopic (exact) mass is 338 g/mol. The average Bonchev–Trinajstić information content (AvgIpc) is 3.14. The zero-order valence-corrected chi connectivity index (χ0v) is 14.2. The van der Waals surface area contributed by atoms with Crippen molar-refractivity contribution in [2.24, 2.45) is 0 Å². The summed E-state index contributed by atoms with van der Waals surface area (Å²) in [5.74, 6) is 0.690. The average molecular weight is 338 g/mol. The molecule has 5 heteroatoms. The summed E-state index contributed by atoms with van der Waals surface area (Å²) in [6.07, 6.45) is 1.70. The third-order valence-corrected chi connectivity index (χ3v) is 4.25. The van der Waals surface area contributed by atoms with E-state index >= 15 is 0 Å². The van der Waals surface area contributed by atoms with Gasteiger partial charge in [0.1, 0.15) is 5.75 Å². The Kier molecular flexibility index (Phi) is 5.23. The Hall–Kier alpha value is -2.66. The topological polar surface area (TPSA) is 42.4 Å². The second-order valence-corrected chi connectivity index (χ2v) is 6.09. The van der Waals surface area contributed by atoms with Gasteiger partial charge in [-0.15, -0.1) is 0 Å². The van der Waals surface area contributed by atoms with Crippen LogP contribution in [0.25, 0.3) is 0 Å². The molecule has 0 fully saturated rings. The van der Waals surface area contributed by atoms with E-state index in [-0.39, 0.29) is 5.91 Å². The number of benzene rings is 2. The Bertz CT molecular complexity index is 771. The molecule has 0 aliphatic rings. The van der Waals surface area contributed by atoms with E-state index in [1.807, 2.05) is 47.5 Å². The number of ether oxygens (including phenoxy) is 1. The molecule has 0 aliphatic carbocycles. The molecule has 0 saturated carbocycles. The van der Waals surface area contributed by atoms with E-state index in [0.29, 0.717) is 29.6 Å². The van der Waals surface area contributed by atoms with Gasteiger partial charge in [-0.25, -0.2) is 4.98 Å². The quantitative estimate of drug-likeness (QED) is 0.660. The van der Waals surface area contributed by atoms with Crippen LogP contribution in [0.15, 0.2) is 66.2 Å². The maximum Gasteiger partial charge on any atom is 0.278 e. The lowest BCUT2D eigenvalue weighted by Gasteiger charge is -2.21. The summed E-state index contributed by atoms with van der Waals surface area (Å²) in [4.78, 5) is 18.6. The Morgan fingerprint density at radius 2 is 1.88 bits per heavy atom. The van der Waals surface area contributed by atoms with Gasteiger partial charge in [-0.1, -0.05) is 41.7 Å². The van der Waals surface area contributed by atoms with Crippen LogP contribution in [0.5, 0.6) is 10.9 Å². The van der Waals surface area contributed by atoms with Crippen molar-refractivity contribution in [3.63, 3.8) is 0 Å². The summed E-state index contributed by atoms with van der Waals surface area (Å²) in [6, 6.07) is 17.2. The van der Waals surface area contributed by atoms with Gasteiger partial charge in [0, 0.05) is 30.2 Å². The van der Waals surface area contributed by atoms with Gasteiger partial charge in [-0.3, -0.25) is 4.79 Å². The van der Waals surface area contributed by atoms with E-state index in [0.717, 1.165) is 5.56 Å². The molecule has 24 heavy (non-hydrogen) atoms. The number of carbonyl (C=O) groups is 1. The lowest BCUT2D eigenvalue weighted by atomic mass is 10.1. The first kappa shape index (κ1) is 16.2. The zero-order chi connectivity index (χ0) is 16.8. The Morgan fingerprint density at radius 3 is 2.50 bits per heavy atom. The summed E-state index contributed by atoms with van der Waals surface area (Å²) in [5.41, 5.74) is 1.77. The van der Waals surface area contributed by atoms with Gasteiger partial charge >= 0.3 is 0 Å². The van der Waals surface area contributed by atoms with Gasteiger partial charge < -0.3 is 9.64 Å². The first-order valence-electron chi connectivity index (χ1n) is 7.77. The second-order valence-electron chi connectivity index (χ2n) is 5.23. The van der Waals surface area contributed by atoms with Crippen molar-refractivity contribution < 1.29 is 9.53 Å². The lowest BCUT2D eigenvalue weighted by molar-refractivity contribution is 0.0752. The fraction of sp³-hybridized carbons (Fsp3) is 0.158. The highest BCUT2D eigenvalue weighted by atomic mass is 32.1. The molecule has 4 nitrogen and oxygen atoms in total. The largest absolute Gasteiger partial charge is 0.431 e. The molecular weight excluding hydrogens is 320 g/mol. The van der Waals surface area contributed by atoms with E-state index in [4.69, 9.17) is 4.74 Å². The maximum absolute atomic E-state index is 12.7.